The summed E-state index contributed by atoms with van der Waals surface area (Å²) in [5.74, 6) is -0.364. The molecule has 1 aliphatic heterocycles. The summed E-state index contributed by atoms with van der Waals surface area (Å²) in [6, 6.07) is 19.4. The molecule has 0 radical (unpaired) electrons. The van der Waals surface area contributed by atoms with Crippen LogP contribution in [0.15, 0.2) is 60.7 Å². The van der Waals surface area contributed by atoms with Gasteiger partial charge >= 0.3 is 0 Å². The summed E-state index contributed by atoms with van der Waals surface area (Å²) >= 11 is 0. The van der Waals surface area contributed by atoms with Crippen LogP contribution in [0.5, 0.6) is 0 Å². The molecule has 7 heteroatoms. The van der Waals surface area contributed by atoms with E-state index in [1.807, 2.05) is 67.6 Å². The number of benzene rings is 2. The Morgan fingerprint density at radius 2 is 1.87 bits per heavy atom. The molecule has 2 heterocycles. The Labute approximate surface area is 181 Å². The minimum atomic E-state index is -0.616. The quantitative estimate of drug-likeness (QED) is 0.457. The number of hydrogen-bond donors (Lipinski definition) is 2. The highest BCUT2D eigenvalue weighted by Gasteiger charge is 2.37. The lowest BCUT2D eigenvalue weighted by atomic mass is 10.1. The molecule has 1 unspecified atom stereocenters. The van der Waals surface area contributed by atoms with Gasteiger partial charge in [0.15, 0.2) is 0 Å². The van der Waals surface area contributed by atoms with Crippen LogP contribution in [-0.2, 0) is 16.0 Å². The van der Waals surface area contributed by atoms with Gasteiger partial charge < -0.3 is 16.0 Å². The van der Waals surface area contributed by atoms with Crippen LogP contribution in [-0.4, -0.2) is 34.7 Å². The number of carbonyl (C=O) groups excluding carboxylic acids is 2. The molecule has 0 saturated carbocycles. The fraction of sp³-hybridized carbons (Fsp3) is 0.292. The molecule has 31 heavy (non-hydrogen) atoms. The van der Waals surface area contributed by atoms with Gasteiger partial charge in [0.05, 0.1) is 11.4 Å². The molecule has 1 aliphatic rings. The molecule has 0 spiro atoms. The first kappa shape index (κ1) is 20.7. The van der Waals surface area contributed by atoms with Crippen LogP contribution in [0.3, 0.4) is 0 Å². The molecule has 1 aromatic heterocycles. The third kappa shape index (κ3) is 4.60. The molecular formula is C24H27N5O2. The summed E-state index contributed by atoms with van der Waals surface area (Å²) < 4.78 is 1.71. The first-order valence-electron chi connectivity index (χ1n) is 10.6. The van der Waals surface area contributed by atoms with Gasteiger partial charge in [-0.1, -0.05) is 35.9 Å². The van der Waals surface area contributed by atoms with Gasteiger partial charge in [0.25, 0.3) is 0 Å². The van der Waals surface area contributed by atoms with Crippen molar-refractivity contribution in [3.8, 4) is 5.69 Å². The van der Waals surface area contributed by atoms with Crippen LogP contribution in [0.4, 0.5) is 11.5 Å². The lowest BCUT2D eigenvalue weighted by molar-refractivity contribution is -0.132. The Hall–Kier alpha value is -3.61. The van der Waals surface area contributed by atoms with Gasteiger partial charge in [-0.25, -0.2) is 4.68 Å². The fourth-order valence-corrected chi connectivity index (χ4v) is 3.85. The summed E-state index contributed by atoms with van der Waals surface area (Å²) in [7, 11) is 0. The Morgan fingerprint density at radius 1 is 1.13 bits per heavy atom. The molecule has 3 aromatic rings. The Bertz CT molecular complexity index is 1060. The summed E-state index contributed by atoms with van der Waals surface area (Å²) in [4.78, 5) is 26.9. The number of anilines is 2. The van der Waals surface area contributed by atoms with Gasteiger partial charge in [0, 0.05) is 24.8 Å². The number of nitrogens with one attached hydrogen (secondary N) is 1. The van der Waals surface area contributed by atoms with Gasteiger partial charge in [-0.3, -0.25) is 9.59 Å². The third-order valence-corrected chi connectivity index (χ3v) is 5.56. The number of para-hydroxylation sites is 1. The number of aryl methyl sites for hydroxylation is 2. The molecule has 160 valence electrons. The SMILES string of the molecule is Cc1ccc(N2CCC(C(=O)NCCCc3cc(N)n(-c4ccccc4)n3)C2=O)cc1. The Kier molecular flexibility index (Phi) is 6.02. The van der Waals surface area contributed by atoms with Crippen LogP contribution in [0.2, 0.25) is 0 Å². The molecule has 0 bridgehead atoms. The van der Waals surface area contributed by atoms with E-state index in [1.54, 1.807) is 9.58 Å². The van der Waals surface area contributed by atoms with Crippen molar-refractivity contribution in [3.63, 3.8) is 0 Å². The highest BCUT2D eigenvalue weighted by Crippen LogP contribution is 2.25. The molecular weight excluding hydrogens is 390 g/mol. The maximum atomic E-state index is 12.7. The number of nitrogens with two attached hydrogens (primary N) is 1. The first-order chi connectivity index (χ1) is 15.0. The molecule has 1 fully saturated rings. The maximum Gasteiger partial charge on any atom is 0.239 e. The predicted octanol–water partition coefficient (Wildman–Crippen LogP) is 2.86. The molecule has 0 aliphatic carbocycles. The van der Waals surface area contributed by atoms with Crippen molar-refractivity contribution in [2.24, 2.45) is 5.92 Å². The van der Waals surface area contributed by atoms with Crippen LogP contribution in [0.1, 0.15) is 24.1 Å². The molecule has 2 aromatic carbocycles. The van der Waals surface area contributed by atoms with Gasteiger partial charge in [-0.15, -0.1) is 0 Å². The van der Waals surface area contributed by atoms with E-state index >= 15 is 0 Å². The van der Waals surface area contributed by atoms with Crippen LogP contribution >= 0.6 is 0 Å². The zero-order valence-corrected chi connectivity index (χ0v) is 17.6. The zero-order valence-electron chi connectivity index (χ0n) is 17.6. The van der Waals surface area contributed by atoms with Crippen LogP contribution < -0.4 is 16.0 Å². The summed E-state index contributed by atoms with van der Waals surface area (Å²) in [5, 5.41) is 7.46. The van der Waals surface area contributed by atoms with Gasteiger partial charge in [-0.05, 0) is 50.5 Å². The predicted molar refractivity (Wildman–Crippen MR) is 121 cm³/mol. The second-order valence-electron chi connectivity index (χ2n) is 7.87. The van der Waals surface area contributed by atoms with Gasteiger partial charge in [0.2, 0.25) is 11.8 Å². The zero-order chi connectivity index (χ0) is 21.8. The van der Waals surface area contributed by atoms with E-state index in [1.165, 1.54) is 0 Å². The van der Waals surface area contributed by atoms with E-state index < -0.39 is 5.92 Å². The third-order valence-electron chi connectivity index (χ3n) is 5.56. The average Bonchev–Trinajstić information content (AvgIpc) is 3.35. The van der Waals surface area contributed by atoms with Crippen LogP contribution in [0, 0.1) is 12.8 Å². The molecule has 1 atom stereocenters. The topological polar surface area (TPSA) is 93.2 Å². The Balaban J connectivity index is 1.26. The minimum absolute atomic E-state index is 0.129. The van der Waals surface area contributed by atoms with Crippen LogP contribution in [0.25, 0.3) is 5.69 Å². The summed E-state index contributed by atoms with van der Waals surface area (Å²) in [5.41, 5.74) is 9.85. The highest BCUT2D eigenvalue weighted by molar-refractivity contribution is 6.09. The van der Waals surface area contributed by atoms with Crippen molar-refractivity contribution >= 4 is 23.3 Å². The van der Waals surface area contributed by atoms with E-state index in [4.69, 9.17) is 5.73 Å². The second kappa shape index (κ2) is 9.04. The number of aromatic nitrogens is 2. The van der Waals surface area contributed by atoms with Crippen molar-refractivity contribution in [1.82, 2.24) is 15.1 Å². The number of nitrogen functional groups attached to an aromatic ring is 1. The number of hydrogen-bond acceptors (Lipinski definition) is 4. The van der Waals surface area contributed by atoms with E-state index in [0.717, 1.165) is 29.1 Å². The lowest BCUT2D eigenvalue weighted by Gasteiger charge is -2.17. The lowest BCUT2D eigenvalue weighted by Crippen LogP contribution is -2.37. The van der Waals surface area contributed by atoms with Gasteiger partial charge in [0.1, 0.15) is 11.7 Å². The minimum Gasteiger partial charge on any atom is -0.384 e. The Morgan fingerprint density at radius 3 is 2.61 bits per heavy atom. The van der Waals surface area contributed by atoms with Crippen molar-refractivity contribution < 1.29 is 9.59 Å². The number of nitrogens with zero attached hydrogens (tertiary/aromatic N) is 3. The van der Waals surface area contributed by atoms with E-state index in [2.05, 4.69) is 10.4 Å². The molecule has 1 saturated heterocycles. The molecule has 7 nitrogen and oxygen atoms in total. The molecule has 2 amide bonds. The smallest absolute Gasteiger partial charge is 0.239 e. The van der Waals surface area contributed by atoms with Crippen molar-refractivity contribution in [1.29, 1.82) is 0 Å². The van der Waals surface area contributed by atoms with Crippen molar-refractivity contribution in [2.75, 3.05) is 23.7 Å². The second-order valence-corrected chi connectivity index (χ2v) is 7.87. The largest absolute Gasteiger partial charge is 0.384 e. The summed E-state index contributed by atoms with van der Waals surface area (Å²) in [6.45, 7) is 3.06. The normalized spacial score (nSPS) is 16.0. The number of amides is 2. The standard InChI is InChI=1S/C24H27N5O2/c1-17-9-11-19(12-10-17)28-15-13-21(24(28)31)23(30)26-14-5-6-18-16-22(25)29(27-18)20-7-3-2-4-8-20/h2-4,7-12,16,21H,5-6,13-15,25H2,1H3,(H,26,30). The van der Waals surface area contributed by atoms with E-state index in [9.17, 15) is 9.59 Å². The van der Waals surface area contributed by atoms with E-state index in [-0.39, 0.29) is 11.8 Å². The van der Waals surface area contributed by atoms with Gasteiger partial charge in [-0.2, -0.15) is 5.10 Å². The van der Waals surface area contributed by atoms with Crippen molar-refractivity contribution in [3.05, 3.63) is 71.9 Å². The monoisotopic (exact) mass is 417 g/mol. The molecule has 3 N–H and O–H groups in total. The number of carbonyl (C=O) groups is 2. The van der Waals surface area contributed by atoms with E-state index in [0.29, 0.717) is 31.7 Å². The van der Waals surface area contributed by atoms with Crippen molar-refractivity contribution in [2.45, 2.75) is 26.2 Å². The average molecular weight is 418 g/mol. The molecule has 4 rings (SSSR count). The summed E-state index contributed by atoms with van der Waals surface area (Å²) in [6.07, 6.45) is 1.95. The fourth-order valence-electron chi connectivity index (χ4n) is 3.85. The highest BCUT2D eigenvalue weighted by atomic mass is 16.2. The maximum absolute atomic E-state index is 12.7. The first-order valence-corrected chi connectivity index (χ1v) is 10.6. The number of rotatable bonds is 7.